The maximum atomic E-state index is 8.84. The SMILES string of the molecule is OCCc1ccccc1C=CCBr. The van der Waals surface area contributed by atoms with Gasteiger partial charge in [0.1, 0.15) is 0 Å². The predicted octanol–water partition coefficient (Wildman–Crippen LogP) is 2.63. The number of aliphatic hydroxyl groups is 1. The van der Waals surface area contributed by atoms with Crippen molar-refractivity contribution in [2.24, 2.45) is 0 Å². The highest BCUT2D eigenvalue weighted by Crippen LogP contribution is 2.11. The lowest BCUT2D eigenvalue weighted by atomic mass is 10.0. The summed E-state index contributed by atoms with van der Waals surface area (Å²) < 4.78 is 0. The van der Waals surface area contributed by atoms with E-state index in [1.807, 2.05) is 18.2 Å². The lowest BCUT2D eigenvalue weighted by Gasteiger charge is -2.02. The summed E-state index contributed by atoms with van der Waals surface area (Å²) in [6, 6.07) is 8.11. The molecule has 1 N–H and O–H groups in total. The average molecular weight is 241 g/mol. The zero-order chi connectivity index (χ0) is 9.52. The van der Waals surface area contributed by atoms with E-state index in [-0.39, 0.29) is 6.61 Å². The molecule has 0 atom stereocenters. The van der Waals surface area contributed by atoms with Crippen LogP contribution in [0.3, 0.4) is 0 Å². The first-order chi connectivity index (χ1) is 6.38. The third-order valence-corrected chi connectivity index (χ3v) is 2.20. The quantitative estimate of drug-likeness (QED) is 0.803. The Kier molecular flexibility index (Phi) is 4.79. The molecular weight excluding hydrogens is 228 g/mol. The van der Waals surface area contributed by atoms with E-state index < -0.39 is 0 Å². The molecule has 2 heteroatoms. The van der Waals surface area contributed by atoms with Crippen LogP contribution >= 0.6 is 15.9 Å². The topological polar surface area (TPSA) is 20.2 Å². The van der Waals surface area contributed by atoms with Crippen LogP contribution in [0.1, 0.15) is 11.1 Å². The maximum absolute atomic E-state index is 8.84. The van der Waals surface area contributed by atoms with Crippen molar-refractivity contribution >= 4 is 22.0 Å². The number of alkyl halides is 1. The second kappa shape index (κ2) is 5.95. The van der Waals surface area contributed by atoms with Crippen LogP contribution in [0.15, 0.2) is 30.3 Å². The first kappa shape index (κ1) is 10.5. The standard InChI is InChI=1S/C11H13BrO/c12-8-3-6-10-4-1-2-5-11(10)7-9-13/h1-6,13H,7-9H2. The molecule has 0 bridgehead atoms. The summed E-state index contributed by atoms with van der Waals surface area (Å²) >= 11 is 3.33. The van der Waals surface area contributed by atoms with Crippen molar-refractivity contribution in [1.82, 2.24) is 0 Å². The van der Waals surface area contributed by atoms with Crippen LogP contribution in [0.25, 0.3) is 6.08 Å². The molecule has 0 heterocycles. The summed E-state index contributed by atoms with van der Waals surface area (Å²) in [6.07, 6.45) is 4.85. The average Bonchev–Trinajstić information content (AvgIpc) is 2.17. The summed E-state index contributed by atoms with van der Waals surface area (Å²) in [7, 11) is 0. The monoisotopic (exact) mass is 240 g/mol. The second-order valence-corrected chi connectivity index (χ2v) is 3.38. The van der Waals surface area contributed by atoms with Crippen molar-refractivity contribution in [2.45, 2.75) is 6.42 Å². The van der Waals surface area contributed by atoms with Gasteiger partial charge < -0.3 is 5.11 Å². The minimum Gasteiger partial charge on any atom is -0.396 e. The number of aliphatic hydroxyl groups excluding tert-OH is 1. The molecule has 0 saturated heterocycles. The van der Waals surface area contributed by atoms with Crippen LogP contribution in [0, 0.1) is 0 Å². The van der Waals surface area contributed by atoms with Crippen molar-refractivity contribution in [3.63, 3.8) is 0 Å². The van der Waals surface area contributed by atoms with E-state index >= 15 is 0 Å². The minimum atomic E-state index is 0.208. The Morgan fingerprint density at radius 2 is 2.08 bits per heavy atom. The number of hydrogen-bond donors (Lipinski definition) is 1. The van der Waals surface area contributed by atoms with Gasteiger partial charge in [0.15, 0.2) is 0 Å². The van der Waals surface area contributed by atoms with Gasteiger partial charge in [0.25, 0.3) is 0 Å². The van der Waals surface area contributed by atoms with E-state index in [1.54, 1.807) is 0 Å². The van der Waals surface area contributed by atoms with E-state index in [0.717, 1.165) is 11.8 Å². The number of allylic oxidation sites excluding steroid dienone is 1. The number of rotatable bonds is 4. The zero-order valence-electron chi connectivity index (χ0n) is 7.41. The number of hydrogen-bond acceptors (Lipinski definition) is 1. The van der Waals surface area contributed by atoms with Gasteiger partial charge in [-0.25, -0.2) is 0 Å². The van der Waals surface area contributed by atoms with Crippen LogP contribution in [-0.4, -0.2) is 17.0 Å². The van der Waals surface area contributed by atoms with Gasteiger partial charge in [-0.1, -0.05) is 52.3 Å². The molecule has 1 aromatic carbocycles. The summed E-state index contributed by atoms with van der Waals surface area (Å²) in [6.45, 7) is 0.208. The predicted molar refractivity (Wildman–Crippen MR) is 60.1 cm³/mol. The second-order valence-electron chi connectivity index (χ2n) is 2.73. The molecule has 0 radical (unpaired) electrons. The van der Waals surface area contributed by atoms with Crippen LogP contribution in [0.2, 0.25) is 0 Å². The Morgan fingerprint density at radius 1 is 1.31 bits per heavy atom. The van der Waals surface area contributed by atoms with Crippen molar-refractivity contribution in [2.75, 3.05) is 11.9 Å². The van der Waals surface area contributed by atoms with Gasteiger partial charge in [0, 0.05) is 11.9 Å². The van der Waals surface area contributed by atoms with Crippen molar-refractivity contribution in [1.29, 1.82) is 0 Å². The third-order valence-electron chi connectivity index (χ3n) is 1.82. The first-order valence-corrected chi connectivity index (χ1v) is 5.42. The van der Waals surface area contributed by atoms with Crippen molar-refractivity contribution in [3.8, 4) is 0 Å². The fourth-order valence-corrected chi connectivity index (χ4v) is 1.40. The van der Waals surface area contributed by atoms with E-state index in [9.17, 15) is 0 Å². The summed E-state index contributed by atoms with van der Waals surface area (Å²) in [5.41, 5.74) is 2.39. The smallest absolute Gasteiger partial charge is 0.0471 e. The molecule has 0 amide bonds. The molecule has 70 valence electrons. The van der Waals surface area contributed by atoms with Gasteiger partial charge in [-0.15, -0.1) is 0 Å². The molecule has 1 nitrogen and oxygen atoms in total. The van der Waals surface area contributed by atoms with Gasteiger partial charge >= 0.3 is 0 Å². The first-order valence-electron chi connectivity index (χ1n) is 4.29. The lowest BCUT2D eigenvalue weighted by molar-refractivity contribution is 0.299. The Hall–Kier alpha value is -0.600. The van der Waals surface area contributed by atoms with Gasteiger partial charge in [-0.2, -0.15) is 0 Å². The van der Waals surface area contributed by atoms with E-state index in [2.05, 4.69) is 34.1 Å². The van der Waals surface area contributed by atoms with Crippen LogP contribution in [-0.2, 0) is 6.42 Å². The van der Waals surface area contributed by atoms with Crippen molar-refractivity contribution < 1.29 is 5.11 Å². The van der Waals surface area contributed by atoms with Gasteiger partial charge in [-0.3, -0.25) is 0 Å². The van der Waals surface area contributed by atoms with Crippen molar-refractivity contribution in [3.05, 3.63) is 41.5 Å². The van der Waals surface area contributed by atoms with Crippen LogP contribution in [0.5, 0.6) is 0 Å². The number of halogens is 1. The largest absolute Gasteiger partial charge is 0.396 e. The molecule has 0 spiro atoms. The van der Waals surface area contributed by atoms with E-state index in [4.69, 9.17) is 5.11 Å². The molecule has 0 aromatic heterocycles. The highest BCUT2D eigenvalue weighted by atomic mass is 79.9. The van der Waals surface area contributed by atoms with E-state index in [0.29, 0.717) is 0 Å². The Labute approximate surface area is 87.2 Å². The Morgan fingerprint density at radius 3 is 2.77 bits per heavy atom. The molecule has 0 unspecified atom stereocenters. The minimum absolute atomic E-state index is 0.208. The maximum Gasteiger partial charge on any atom is 0.0471 e. The normalized spacial score (nSPS) is 10.9. The highest BCUT2D eigenvalue weighted by molar-refractivity contribution is 9.09. The zero-order valence-corrected chi connectivity index (χ0v) is 9.00. The molecule has 13 heavy (non-hydrogen) atoms. The molecule has 0 fully saturated rings. The summed E-state index contributed by atoms with van der Waals surface area (Å²) in [5, 5.41) is 9.70. The van der Waals surface area contributed by atoms with Gasteiger partial charge in [0.05, 0.1) is 0 Å². The highest BCUT2D eigenvalue weighted by Gasteiger charge is 1.96. The third kappa shape index (κ3) is 3.33. The molecular formula is C11H13BrO. The molecule has 0 aliphatic rings. The summed E-state index contributed by atoms with van der Waals surface area (Å²) in [4.78, 5) is 0. The molecule has 1 rings (SSSR count). The van der Waals surface area contributed by atoms with E-state index in [1.165, 1.54) is 11.1 Å². The molecule has 0 saturated carbocycles. The Balaban J connectivity index is 2.84. The lowest BCUT2D eigenvalue weighted by Crippen LogP contribution is -1.93. The fraction of sp³-hybridized carbons (Fsp3) is 0.273. The molecule has 0 aliphatic heterocycles. The Bertz CT molecular complexity index is 281. The van der Waals surface area contributed by atoms with Gasteiger partial charge in [0.2, 0.25) is 0 Å². The summed E-state index contributed by atoms with van der Waals surface area (Å²) in [5.74, 6) is 0. The van der Waals surface area contributed by atoms with Gasteiger partial charge in [-0.05, 0) is 17.5 Å². The van der Waals surface area contributed by atoms with Crippen LogP contribution in [0.4, 0.5) is 0 Å². The van der Waals surface area contributed by atoms with Crippen LogP contribution < -0.4 is 0 Å². The fourth-order valence-electron chi connectivity index (χ4n) is 1.22. The molecule has 0 aliphatic carbocycles. The molecule has 1 aromatic rings. The number of benzene rings is 1.